The average molecular weight is 498 g/mol. The Bertz CT molecular complexity index is 1300. The third-order valence-corrected chi connectivity index (χ3v) is 6.76. The fourth-order valence-corrected chi connectivity index (χ4v) is 4.89. The third kappa shape index (κ3) is 6.80. The molecule has 8 nitrogen and oxygen atoms in total. The number of aromatic carboxylic acids is 1. The van der Waals surface area contributed by atoms with Crippen LogP contribution < -0.4 is 15.2 Å². The highest BCUT2D eigenvalue weighted by molar-refractivity contribution is 7.92. The molecular formula is C26H31N3O5S. The highest BCUT2D eigenvalue weighted by atomic mass is 32.2. The fraction of sp³-hybridized carbons (Fsp3) is 0.308. The quantitative estimate of drug-likeness (QED) is 0.372. The second-order valence-corrected chi connectivity index (χ2v) is 10.7. The Morgan fingerprint density at radius 3 is 2.37 bits per heavy atom. The van der Waals surface area contributed by atoms with Crippen LogP contribution in [0.25, 0.3) is 11.3 Å². The van der Waals surface area contributed by atoms with E-state index >= 15 is 0 Å². The number of hydrogen-bond acceptors (Lipinski definition) is 6. The molecule has 1 atom stereocenters. The largest absolute Gasteiger partial charge is 0.492 e. The summed E-state index contributed by atoms with van der Waals surface area (Å²) in [5, 5.41) is 9.22. The fourth-order valence-electron chi connectivity index (χ4n) is 3.86. The number of anilines is 1. The van der Waals surface area contributed by atoms with E-state index in [0.717, 1.165) is 29.2 Å². The summed E-state index contributed by atoms with van der Waals surface area (Å²) >= 11 is 0. The zero-order chi connectivity index (χ0) is 25.8. The van der Waals surface area contributed by atoms with Crippen LogP contribution >= 0.6 is 0 Å². The lowest BCUT2D eigenvalue weighted by molar-refractivity contribution is 0.0696. The molecule has 0 aliphatic carbocycles. The van der Waals surface area contributed by atoms with Gasteiger partial charge >= 0.3 is 5.97 Å². The first-order valence-corrected chi connectivity index (χ1v) is 12.8. The van der Waals surface area contributed by atoms with E-state index in [2.05, 4.69) is 23.6 Å². The number of rotatable bonds is 10. The van der Waals surface area contributed by atoms with E-state index in [1.165, 1.54) is 24.3 Å². The summed E-state index contributed by atoms with van der Waals surface area (Å²) in [4.78, 5) is 15.7. The maximum Gasteiger partial charge on any atom is 0.335 e. The molecule has 0 bridgehead atoms. The predicted octanol–water partition coefficient (Wildman–Crippen LogP) is 4.62. The van der Waals surface area contributed by atoms with Crippen LogP contribution in [0.3, 0.4) is 0 Å². The van der Waals surface area contributed by atoms with E-state index < -0.39 is 16.0 Å². The molecule has 1 heterocycles. The number of benzene rings is 2. The number of hydrogen-bond donors (Lipinski definition) is 3. The Balaban J connectivity index is 2.01. The van der Waals surface area contributed by atoms with Crippen molar-refractivity contribution in [2.24, 2.45) is 11.7 Å². The number of ether oxygens (including phenoxy) is 1. The third-order valence-electron chi connectivity index (χ3n) is 5.40. The van der Waals surface area contributed by atoms with Crippen LogP contribution in [0, 0.1) is 19.8 Å². The standard InChI is InChI=1S/C26H31N3O5S/c1-16(2)11-20(27)15-34-21-13-23(25-17(3)7-5-8-18(25)4)28-24(14-21)29-35(32,33)22-10-6-9-19(12-22)26(30)31/h5-10,12-14,16,20H,11,15,27H2,1-4H3,(H,28,29)(H,30,31). The SMILES string of the molecule is Cc1cccc(C)c1-c1cc(OCC(N)CC(C)C)cc(NS(=O)(=O)c2cccc(C(=O)O)c2)n1. The Morgan fingerprint density at radius 2 is 1.74 bits per heavy atom. The highest BCUT2D eigenvalue weighted by Crippen LogP contribution is 2.31. The van der Waals surface area contributed by atoms with Crippen molar-refractivity contribution in [1.29, 1.82) is 0 Å². The number of nitrogens with two attached hydrogens (primary N) is 1. The number of nitrogens with zero attached hydrogens (tertiary/aromatic N) is 1. The first-order valence-electron chi connectivity index (χ1n) is 11.3. The molecule has 0 spiro atoms. The van der Waals surface area contributed by atoms with E-state index in [-0.39, 0.29) is 28.9 Å². The smallest absolute Gasteiger partial charge is 0.335 e. The van der Waals surface area contributed by atoms with Crippen molar-refractivity contribution in [3.05, 3.63) is 71.3 Å². The van der Waals surface area contributed by atoms with Gasteiger partial charge < -0.3 is 15.6 Å². The van der Waals surface area contributed by atoms with Crippen molar-refractivity contribution in [3.63, 3.8) is 0 Å². The first kappa shape index (κ1) is 26.2. The summed E-state index contributed by atoms with van der Waals surface area (Å²) in [5.74, 6) is -0.321. The van der Waals surface area contributed by atoms with E-state index in [4.69, 9.17) is 10.5 Å². The van der Waals surface area contributed by atoms with E-state index in [0.29, 0.717) is 17.4 Å². The van der Waals surface area contributed by atoms with Crippen LogP contribution in [-0.4, -0.2) is 37.1 Å². The summed E-state index contributed by atoms with van der Waals surface area (Å²) < 4.78 is 34.5. The van der Waals surface area contributed by atoms with Crippen LogP contribution in [0.4, 0.5) is 5.82 Å². The minimum Gasteiger partial charge on any atom is -0.492 e. The minimum atomic E-state index is -4.11. The van der Waals surface area contributed by atoms with Crippen molar-refractivity contribution in [3.8, 4) is 17.0 Å². The Labute approximate surface area is 206 Å². The van der Waals surface area contributed by atoms with Crippen molar-refractivity contribution in [2.45, 2.75) is 45.1 Å². The second-order valence-electron chi connectivity index (χ2n) is 8.98. The van der Waals surface area contributed by atoms with Gasteiger partial charge in [0.2, 0.25) is 0 Å². The highest BCUT2D eigenvalue weighted by Gasteiger charge is 2.19. The number of aromatic nitrogens is 1. The van der Waals surface area contributed by atoms with Crippen molar-refractivity contribution < 1.29 is 23.1 Å². The van der Waals surface area contributed by atoms with Gasteiger partial charge in [-0.15, -0.1) is 0 Å². The van der Waals surface area contributed by atoms with Gasteiger partial charge in [0.15, 0.2) is 0 Å². The molecular weight excluding hydrogens is 466 g/mol. The number of carbonyl (C=O) groups is 1. The van der Waals surface area contributed by atoms with Crippen LogP contribution in [0.15, 0.2) is 59.5 Å². The molecule has 0 aliphatic heterocycles. The number of pyridine rings is 1. The molecule has 186 valence electrons. The number of sulfonamides is 1. The molecule has 9 heteroatoms. The summed E-state index contributed by atoms with van der Waals surface area (Å²) in [6.45, 7) is 8.34. The van der Waals surface area contributed by atoms with Gasteiger partial charge in [0.25, 0.3) is 10.0 Å². The minimum absolute atomic E-state index is 0.0540. The van der Waals surface area contributed by atoms with Gasteiger partial charge in [-0.05, 0) is 55.5 Å². The summed E-state index contributed by atoms with van der Waals surface area (Å²) in [6, 6.07) is 14.1. The number of nitrogens with one attached hydrogen (secondary N) is 1. The Morgan fingerprint density at radius 1 is 1.09 bits per heavy atom. The van der Waals surface area contributed by atoms with Gasteiger partial charge in [-0.3, -0.25) is 4.72 Å². The topological polar surface area (TPSA) is 132 Å². The first-order chi connectivity index (χ1) is 16.5. The molecule has 0 amide bonds. The van der Waals surface area contributed by atoms with Crippen molar-refractivity contribution >= 4 is 21.8 Å². The summed E-state index contributed by atoms with van der Waals surface area (Å²) in [5.41, 5.74) is 9.43. The molecule has 0 saturated carbocycles. The van der Waals surface area contributed by atoms with E-state index in [1.807, 2.05) is 32.0 Å². The zero-order valence-corrected chi connectivity index (χ0v) is 21.1. The Kier molecular flexibility index (Phi) is 8.14. The van der Waals surface area contributed by atoms with E-state index in [1.54, 1.807) is 6.07 Å². The normalized spacial score (nSPS) is 12.4. The van der Waals surface area contributed by atoms with E-state index in [9.17, 15) is 18.3 Å². The van der Waals surface area contributed by atoms with Crippen molar-refractivity contribution in [2.75, 3.05) is 11.3 Å². The molecule has 3 aromatic rings. The zero-order valence-electron chi connectivity index (χ0n) is 20.3. The van der Waals surface area contributed by atoms with Gasteiger partial charge in [-0.25, -0.2) is 18.2 Å². The average Bonchev–Trinajstić information content (AvgIpc) is 2.77. The number of carboxylic acid groups (broad SMARTS) is 1. The molecule has 3 rings (SSSR count). The van der Waals surface area contributed by atoms with Gasteiger partial charge in [-0.1, -0.05) is 38.1 Å². The van der Waals surface area contributed by atoms with Gasteiger partial charge in [0.1, 0.15) is 18.2 Å². The molecule has 1 unspecified atom stereocenters. The molecule has 4 N–H and O–H groups in total. The van der Waals surface area contributed by atoms with Crippen LogP contribution in [0.5, 0.6) is 5.75 Å². The lowest BCUT2D eigenvalue weighted by atomic mass is 9.99. The van der Waals surface area contributed by atoms with Gasteiger partial charge in [-0.2, -0.15) is 0 Å². The van der Waals surface area contributed by atoms with Gasteiger partial charge in [0, 0.05) is 23.7 Å². The molecule has 0 saturated heterocycles. The predicted molar refractivity (Wildman–Crippen MR) is 136 cm³/mol. The molecule has 35 heavy (non-hydrogen) atoms. The summed E-state index contributed by atoms with van der Waals surface area (Å²) in [6.07, 6.45) is 0.786. The molecule has 0 radical (unpaired) electrons. The molecule has 1 aromatic heterocycles. The van der Waals surface area contributed by atoms with Crippen molar-refractivity contribution in [1.82, 2.24) is 4.98 Å². The number of aryl methyl sites for hydroxylation is 2. The maximum atomic E-state index is 13.1. The lowest BCUT2D eigenvalue weighted by Crippen LogP contribution is -2.29. The lowest BCUT2D eigenvalue weighted by Gasteiger charge is -2.17. The maximum absolute atomic E-state index is 13.1. The second kappa shape index (κ2) is 10.9. The molecule has 0 fully saturated rings. The monoisotopic (exact) mass is 497 g/mol. The van der Waals surface area contributed by atoms with Crippen LogP contribution in [0.1, 0.15) is 41.8 Å². The molecule has 2 aromatic carbocycles. The van der Waals surface area contributed by atoms with Gasteiger partial charge in [0.05, 0.1) is 16.2 Å². The summed E-state index contributed by atoms with van der Waals surface area (Å²) in [7, 11) is -4.11. The van der Waals surface area contributed by atoms with Crippen LogP contribution in [-0.2, 0) is 10.0 Å². The molecule has 0 aliphatic rings. The Hall–Kier alpha value is -3.43. The van der Waals surface area contributed by atoms with Crippen LogP contribution in [0.2, 0.25) is 0 Å². The number of carboxylic acids is 1.